The summed E-state index contributed by atoms with van der Waals surface area (Å²) in [6, 6.07) is 6.34. The zero-order chi connectivity index (χ0) is 19.0. The molecule has 1 aromatic carbocycles. The Balaban J connectivity index is 2.11. The SMILES string of the molecule is CCNC(=NCC1(c2ccc(F)cc2)CCOCC1)NCCC(F)(F)F. The van der Waals surface area contributed by atoms with Crippen LogP contribution in [0.15, 0.2) is 29.3 Å². The van der Waals surface area contributed by atoms with Gasteiger partial charge in [-0.3, -0.25) is 4.99 Å². The summed E-state index contributed by atoms with van der Waals surface area (Å²) >= 11 is 0. The fourth-order valence-corrected chi connectivity index (χ4v) is 3.00. The predicted molar refractivity (Wildman–Crippen MR) is 92.8 cm³/mol. The third kappa shape index (κ3) is 6.16. The van der Waals surface area contributed by atoms with E-state index in [1.54, 1.807) is 12.1 Å². The number of nitrogens with zero attached hydrogens (tertiary/aromatic N) is 1. The highest BCUT2D eigenvalue weighted by Gasteiger charge is 2.34. The summed E-state index contributed by atoms with van der Waals surface area (Å²) in [4.78, 5) is 4.51. The van der Waals surface area contributed by atoms with E-state index in [-0.39, 0.29) is 17.8 Å². The lowest BCUT2D eigenvalue weighted by Gasteiger charge is -2.36. The summed E-state index contributed by atoms with van der Waals surface area (Å²) < 4.78 is 55.7. The van der Waals surface area contributed by atoms with Crippen molar-refractivity contribution in [1.29, 1.82) is 0 Å². The molecule has 1 heterocycles. The Bertz CT molecular complexity index is 581. The highest BCUT2D eigenvalue weighted by molar-refractivity contribution is 5.79. The summed E-state index contributed by atoms with van der Waals surface area (Å²) in [6.07, 6.45) is -3.68. The molecule has 0 bridgehead atoms. The topological polar surface area (TPSA) is 45.7 Å². The van der Waals surface area contributed by atoms with Gasteiger partial charge in [-0.25, -0.2) is 4.39 Å². The van der Waals surface area contributed by atoms with Crippen molar-refractivity contribution in [2.24, 2.45) is 4.99 Å². The number of benzene rings is 1. The summed E-state index contributed by atoms with van der Waals surface area (Å²) in [5.74, 6) is 0.0475. The molecule has 26 heavy (non-hydrogen) atoms. The monoisotopic (exact) mass is 375 g/mol. The second kappa shape index (κ2) is 9.21. The van der Waals surface area contributed by atoms with E-state index in [0.29, 0.717) is 32.3 Å². The van der Waals surface area contributed by atoms with Crippen molar-refractivity contribution >= 4 is 5.96 Å². The van der Waals surface area contributed by atoms with E-state index >= 15 is 0 Å². The molecule has 4 nitrogen and oxygen atoms in total. The third-order valence-electron chi connectivity index (χ3n) is 4.49. The Morgan fingerprint density at radius 3 is 2.38 bits per heavy atom. The molecule has 0 spiro atoms. The van der Waals surface area contributed by atoms with Crippen LogP contribution in [0.3, 0.4) is 0 Å². The number of hydrogen-bond acceptors (Lipinski definition) is 2. The van der Waals surface area contributed by atoms with E-state index < -0.39 is 12.6 Å². The van der Waals surface area contributed by atoms with Gasteiger partial charge in [0, 0.05) is 31.7 Å². The largest absolute Gasteiger partial charge is 0.390 e. The molecular weight excluding hydrogens is 350 g/mol. The Kier molecular flexibility index (Phi) is 7.25. The van der Waals surface area contributed by atoms with Crippen LogP contribution in [0.5, 0.6) is 0 Å². The van der Waals surface area contributed by atoms with Crippen LogP contribution in [-0.4, -0.2) is 45.0 Å². The van der Waals surface area contributed by atoms with Crippen LogP contribution in [0.2, 0.25) is 0 Å². The van der Waals surface area contributed by atoms with Gasteiger partial charge in [-0.2, -0.15) is 13.2 Å². The first-order valence-corrected chi connectivity index (χ1v) is 8.77. The lowest BCUT2D eigenvalue weighted by Crippen LogP contribution is -2.42. The highest BCUT2D eigenvalue weighted by Crippen LogP contribution is 2.35. The van der Waals surface area contributed by atoms with Crippen molar-refractivity contribution in [3.8, 4) is 0 Å². The minimum absolute atomic E-state index is 0.234. The average molecular weight is 375 g/mol. The quantitative estimate of drug-likeness (QED) is 0.455. The first-order chi connectivity index (χ1) is 12.3. The van der Waals surface area contributed by atoms with Crippen LogP contribution in [0.1, 0.15) is 31.7 Å². The van der Waals surface area contributed by atoms with E-state index in [1.165, 1.54) is 12.1 Å². The molecule has 8 heteroatoms. The van der Waals surface area contributed by atoms with E-state index in [2.05, 4.69) is 15.6 Å². The second-order valence-corrected chi connectivity index (χ2v) is 6.39. The standard InChI is InChI=1S/C18H25F4N3O/c1-2-23-16(24-10-7-18(20,21)22)25-13-17(8-11-26-12-9-17)14-3-5-15(19)6-4-14/h3-6H,2,7-13H2,1H3,(H2,23,24,25). The summed E-state index contributed by atoms with van der Waals surface area (Å²) in [5.41, 5.74) is 0.662. The lowest BCUT2D eigenvalue weighted by molar-refractivity contribution is -0.132. The van der Waals surface area contributed by atoms with Crippen molar-refractivity contribution < 1.29 is 22.3 Å². The Morgan fingerprint density at radius 1 is 1.15 bits per heavy atom. The number of alkyl halides is 3. The molecule has 1 aromatic rings. The van der Waals surface area contributed by atoms with Gasteiger partial charge in [0.1, 0.15) is 5.82 Å². The molecular formula is C18H25F4N3O. The predicted octanol–water partition coefficient (Wildman–Crippen LogP) is 3.38. The van der Waals surface area contributed by atoms with Crippen molar-refractivity contribution in [1.82, 2.24) is 10.6 Å². The van der Waals surface area contributed by atoms with Crippen LogP contribution in [0.25, 0.3) is 0 Å². The number of nitrogens with one attached hydrogen (secondary N) is 2. The van der Waals surface area contributed by atoms with Crippen molar-refractivity contribution in [3.63, 3.8) is 0 Å². The molecule has 146 valence electrons. The summed E-state index contributed by atoms with van der Waals surface area (Å²) in [5, 5.41) is 5.69. The van der Waals surface area contributed by atoms with Crippen LogP contribution in [0, 0.1) is 5.82 Å². The van der Waals surface area contributed by atoms with Gasteiger partial charge in [0.15, 0.2) is 5.96 Å². The molecule has 1 aliphatic rings. The number of guanidine groups is 1. The summed E-state index contributed by atoms with van der Waals surface area (Å²) in [6.45, 7) is 3.71. The van der Waals surface area contributed by atoms with Crippen LogP contribution >= 0.6 is 0 Å². The van der Waals surface area contributed by atoms with Crippen molar-refractivity contribution in [2.75, 3.05) is 32.8 Å². The first-order valence-electron chi connectivity index (χ1n) is 8.77. The van der Waals surface area contributed by atoms with Gasteiger partial charge in [0.25, 0.3) is 0 Å². The number of aliphatic imine (C=N–C) groups is 1. The molecule has 0 aromatic heterocycles. The van der Waals surface area contributed by atoms with E-state index in [1.807, 2.05) is 6.92 Å². The molecule has 1 aliphatic heterocycles. The normalized spacial score (nSPS) is 17.8. The molecule has 2 rings (SSSR count). The van der Waals surface area contributed by atoms with Crippen LogP contribution in [-0.2, 0) is 10.2 Å². The van der Waals surface area contributed by atoms with Gasteiger partial charge in [0.2, 0.25) is 0 Å². The van der Waals surface area contributed by atoms with Gasteiger partial charge in [0.05, 0.1) is 13.0 Å². The van der Waals surface area contributed by atoms with E-state index in [0.717, 1.165) is 18.4 Å². The molecule has 2 N–H and O–H groups in total. The summed E-state index contributed by atoms with van der Waals surface area (Å²) in [7, 11) is 0. The molecule has 0 atom stereocenters. The van der Waals surface area contributed by atoms with Gasteiger partial charge >= 0.3 is 6.18 Å². The first kappa shape index (κ1) is 20.5. The number of rotatable bonds is 6. The molecule has 0 saturated carbocycles. The maximum atomic E-state index is 13.3. The number of hydrogen-bond donors (Lipinski definition) is 2. The molecule has 1 saturated heterocycles. The van der Waals surface area contributed by atoms with Crippen molar-refractivity contribution in [3.05, 3.63) is 35.6 Å². The van der Waals surface area contributed by atoms with Gasteiger partial charge in [-0.1, -0.05) is 12.1 Å². The lowest BCUT2D eigenvalue weighted by atomic mass is 9.74. The zero-order valence-corrected chi connectivity index (χ0v) is 14.8. The molecule has 0 aliphatic carbocycles. The minimum Gasteiger partial charge on any atom is -0.381 e. The third-order valence-corrected chi connectivity index (χ3v) is 4.49. The molecule has 0 unspecified atom stereocenters. The Morgan fingerprint density at radius 2 is 1.81 bits per heavy atom. The second-order valence-electron chi connectivity index (χ2n) is 6.39. The van der Waals surface area contributed by atoms with Crippen LogP contribution < -0.4 is 10.6 Å². The van der Waals surface area contributed by atoms with Crippen molar-refractivity contribution in [2.45, 2.75) is 37.8 Å². The number of halogens is 4. The maximum Gasteiger partial charge on any atom is 0.390 e. The maximum absolute atomic E-state index is 13.3. The van der Waals surface area contributed by atoms with Gasteiger partial charge in [-0.15, -0.1) is 0 Å². The molecule has 0 radical (unpaired) electrons. The Hall–Kier alpha value is -1.83. The van der Waals surface area contributed by atoms with Gasteiger partial charge in [-0.05, 0) is 37.5 Å². The van der Waals surface area contributed by atoms with Crippen LogP contribution in [0.4, 0.5) is 17.6 Å². The smallest absolute Gasteiger partial charge is 0.381 e. The average Bonchev–Trinajstić information content (AvgIpc) is 2.60. The fraction of sp³-hybridized carbons (Fsp3) is 0.611. The fourth-order valence-electron chi connectivity index (χ4n) is 3.00. The zero-order valence-electron chi connectivity index (χ0n) is 14.8. The van der Waals surface area contributed by atoms with E-state index in [9.17, 15) is 17.6 Å². The minimum atomic E-state index is -4.21. The van der Waals surface area contributed by atoms with E-state index in [4.69, 9.17) is 4.74 Å². The molecule has 0 amide bonds. The molecule has 1 fully saturated rings. The number of ether oxygens (including phenoxy) is 1. The highest BCUT2D eigenvalue weighted by atomic mass is 19.4. The Labute approximate surface area is 151 Å². The van der Waals surface area contributed by atoms with Gasteiger partial charge < -0.3 is 15.4 Å².